The number of phenols is 1. The molecule has 0 fully saturated rings. The van der Waals surface area contributed by atoms with Crippen molar-refractivity contribution in [3.63, 3.8) is 0 Å². The molecule has 3 aromatic carbocycles. The molecule has 4 heteroatoms. The Morgan fingerprint density at radius 1 is 0.833 bits per heavy atom. The third-order valence-corrected chi connectivity index (χ3v) is 5.16. The van der Waals surface area contributed by atoms with Crippen LogP contribution in [0.5, 0.6) is 17.2 Å². The Balaban J connectivity index is 1.70. The number of rotatable bonds is 11. The number of ether oxygens (including phenoxy) is 2. The minimum Gasteiger partial charge on any atom is -0.506 e. The minimum absolute atomic E-state index is 0.0881. The maximum absolute atomic E-state index is 12.7. The van der Waals surface area contributed by atoms with Crippen LogP contribution < -0.4 is 9.47 Å². The van der Waals surface area contributed by atoms with Gasteiger partial charge < -0.3 is 14.6 Å². The van der Waals surface area contributed by atoms with Gasteiger partial charge in [-0.2, -0.15) is 0 Å². The summed E-state index contributed by atoms with van der Waals surface area (Å²) in [7, 11) is 0. The van der Waals surface area contributed by atoms with Crippen LogP contribution in [0.25, 0.3) is 10.8 Å². The van der Waals surface area contributed by atoms with Gasteiger partial charge in [-0.15, -0.1) is 0 Å². The molecule has 3 rings (SSSR count). The summed E-state index contributed by atoms with van der Waals surface area (Å²) in [6, 6.07) is 17.8. The molecular weight excluding hydrogens is 376 g/mol. The van der Waals surface area contributed by atoms with E-state index in [9.17, 15) is 9.90 Å². The zero-order valence-corrected chi connectivity index (χ0v) is 17.6. The molecule has 4 nitrogen and oxygen atoms in total. The molecule has 3 aromatic rings. The van der Waals surface area contributed by atoms with Crippen LogP contribution in [-0.4, -0.2) is 17.7 Å². The van der Waals surface area contributed by atoms with E-state index in [0.717, 1.165) is 18.2 Å². The molecule has 1 N–H and O–H groups in total. The third-order valence-electron chi connectivity index (χ3n) is 5.16. The molecule has 0 radical (unpaired) electrons. The van der Waals surface area contributed by atoms with E-state index >= 15 is 0 Å². The van der Waals surface area contributed by atoms with Gasteiger partial charge in [0.05, 0.1) is 6.61 Å². The molecule has 158 valence electrons. The predicted molar refractivity (Wildman–Crippen MR) is 121 cm³/mol. The van der Waals surface area contributed by atoms with E-state index in [4.69, 9.17) is 9.47 Å². The summed E-state index contributed by atoms with van der Waals surface area (Å²) >= 11 is 0. The molecule has 0 spiro atoms. The Labute approximate surface area is 178 Å². The normalized spacial score (nSPS) is 10.8. The number of benzene rings is 3. The largest absolute Gasteiger partial charge is 0.506 e. The van der Waals surface area contributed by atoms with E-state index in [1.165, 1.54) is 32.1 Å². The topological polar surface area (TPSA) is 55.8 Å². The fourth-order valence-corrected chi connectivity index (χ4v) is 3.49. The first-order valence-electron chi connectivity index (χ1n) is 10.9. The number of aromatic hydroxyl groups is 1. The maximum Gasteiger partial charge on any atom is 0.347 e. The molecule has 30 heavy (non-hydrogen) atoms. The van der Waals surface area contributed by atoms with Crippen molar-refractivity contribution in [2.45, 2.75) is 51.9 Å². The van der Waals surface area contributed by atoms with Gasteiger partial charge >= 0.3 is 5.97 Å². The van der Waals surface area contributed by atoms with Gasteiger partial charge in [0.2, 0.25) is 0 Å². The number of carbonyl (C=O) groups is 1. The van der Waals surface area contributed by atoms with Gasteiger partial charge in [0.15, 0.2) is 0 Å². The highest BCUT2D eigenvalue weighted by Crippen LogP contribution is 2.36. The van der Waals surface area contributed by atoms with E-state index in [1.54, 1.807) is 36.4 Å². The summed E-state index contributed by atoms with van der Waals surface area (Å²) in [6.07, 6.45) is 8.43. The Morgan fingerprint density at radius 2 is 1.47 bits per heavy atom. The Morgan fingerprint density at radius 3 is 2.20 bits per heavy atom. The van der Waals surface area contributed by atoms with E-state index in [0.29, 0.717) is 23.5 Å². The van der Waals surface area contributed by atoms with Crippen molar-refractivity contribution < 1.29 is 19.4 Å². The molecular formula is C26H30O4. The number of esters is 1. The lowest BCUT2D eigenvalue weighted by Gasteiger charge is -2.14. The Kier molecular flexibility index (Phi) is 8.13. The predicted octanol–water partition coefficient (Wildman–Crippen LogP) is 6.89. The first-order valence-corrected chi connectivity index (χ1v) is 10.9. The molecule has 0 aromatic heterocycles. The lowest BCUT2D eigenvalue weighted by atomic mass is 10.0. The van der Waals surface area contributed by atoms with Gasteiger partial charge in [0, 0.05) is 10.8 Å². The average molecular weight is 407 g/mol. The summed E-state index contributed by atoms with van der Waals surface area (Å²) in [5.41, 5.74) is 0.104. The van der Waals surface area contributed by atoms with Gasteiger partial charge in [-0.1, -0.05) is 87.9 Å². The standard InChI is InChI=1S/C26H30O4/c1-2-3-4-5-6-7-13-18-29-24-19-23(25(27)22-17-12-11-16-21(22)24)26(28)30-20-14-9-8-10-15-20/h8-12,14-17,19,27H,2-7,13,18H2,1H3. The summed E-state index contributed by atoms with van der Waals surface area (Å²) in [4.78, 5) is 12.7. The van der Waals surface area contributed by atoms with Crippen molar-refractivity contribution in [2.75, 3.05) is 6.61 Å². The maximum atomic E-state index is 12.7. The monoisotopic (exact) mass is 406 g/mol. The van der Waals surface area contributed by atoms with E-state index < -0.39 is 5.97 Å². The zero-order valence-electron chi connectivity index (χ0n) is 17.6. The summed E-state index contributed by atoms with van der Waals surface area (Å²) < 4.78 is 11.4. The molecule has 0 aliphatic rings. The molecule has 0 aliphatic heterocycles. The first-order chi connectivity index (χ1) is 14.7. The van der Waals surface area contributed by atoms with Crippen molar-refractivity contribution >= 4 is 16.7 Å². The van der Waals surface area contributed by atoms with Crippen LogP contribution in [0, 0.1) is 0 Å². The molecule has 0 unspecified atom stereocenters. The van der Waals surface area contributed by atoms with E-state index in [2.05, 4.69) is 6.92 Å². The number of hydrogen-bond donors (Lipinski definition) is 1. The molecule has 0 saturated carbocycles. The molecule has 0 amide bonds. The highest BCUT2D eigenvalue weighted by atomic mass is 16.5. The zero-order chi connectivity index (χ0) is 21.2. The highest BCUT2D eigenvalue weighted by Gasteiger charge is 2.19. The van der Waals surface area contributed by atoms with Crippen LogP contribution in [0.4, 0.5) is 0 Å². The molecule has 0 atom stereocenters. The SMILES string of the molecule is CCCCCCCCCOc1cc(C(=O)Oc2ccccc2)c(O)c2ccccc12. The minimum atomic E-state index is -0.606. The molecule has 0 saturated heterocycles. The number of carbonyl (C=O) groups excluding carboxylic acids is 1. The molecule has 0 aliphatic carbocycles. The Hall–Kier alpha value is -3.01. The van der Waals surface area contributed by atoms with Crippen molar-refractivity contribution in [3.8, 4) is 17.2 Å². The van der Waals surface area contributed by atoms with Crippen LogP contribution in [0.15, 0.2) is 60.7 Å². The second-order valence-electron chi connectivity index (χ2n) is 7.49. The van der Waals surface area contributed by atoms with Crippen LogP contribution in [-0.2, 0) is 0 Å². The van der Waals surface area contributed by atoms with Crippen LogP contribution in [0.2, 0.25) is 0 Å². The van der Waals surface area contributed by atoms with E-state index in [-0.39, 0.29) is 11.3 Å². The van der Waals surface area contributed by atoms with Gasteiger partial charge in [-0.3, -0.25) is 0 Å². The lowest BCUT2D eigenvalue weighted by molar-refractivity contribution is 0.0731. The first kappa shape index (κ1) is 21.7. The second-order valence-corrected chi connectivity index (χ2v) is 7.49. The second kappa shape index (κ2) is 11.2. The number of fused-ring (bicyclic) bond motifs is 1. The number of para-hydroxylation sites is 1. The van der Waals surface area contributed by atoms with Crippen LogP contribution >= 0.6 is 0 Å². The highest BCUT2D eigenvalue weighted by molar-refractivity contribution is 6.04. The fourth-order valence-electron chi connectivity index (χ4n) is 3.49. The molecule has 0 bridgehead atoms. The van der Waals surface area contributed by atoms with Gasteiger partial charge in [0.1, 0.15) is 22.8 Å². The van der Waals surface area contributed by atoms with Gasteiger partial charge in [-0.05, 0) is 24.6 Å². The van der Waals surface area contributed by atoms with Crippen LogP contribution in [0.3, 0.4) is 0 Å². The smallest absolute Gasteiger partial charge is 0.347 e. The average Bonchev–Trinajstić information content (AvgIpc) is 2.77. The van der Waals surface area contributed by atoms with Gasteiger partial charge in [0.25, 0.3) is 0 Å². The fraction of sp³-hybridized carbons (Fsp3) is 0.346. The van der Waals surface area contributed by atoms with Crippen molar-refractivity contribution in [1.82, 2.24) is 0 Å². The van der Waals surface area contributed by atoms with Crippen molar-refractivity contribution in [2.24, 2.45) is 0 Å². The number of hydrogen-bond acceptors (Lipinski definition) is 4. The quantitative estimate of drug-likeness (QED) is 0.214. The third kappa shape index (κ3) is 5.76. The van der Waals surface area contributed by atoms with Gasteiger partial charge in [-0.25, -0.2) is 4.79 Å². The number of phenolic OH excluding ortho intramolecular Hbond substituents is 1. The Bertz CT molecular complexity index is 950. The van der Waals surface area contributed by atoms with Crippen LogP contribution in [0.1, 0.15) is 62.2 Å². The summed E-state index contributed by atoms with van der Waals surface area (Å²) in [6.45, 7) is 2.80. The van der Waals surface area contributed by atoms with E-state index in [1.807, 2.05) is 24.3 Å². The summed E-state index contributed by atoms with van der Waals surface area (Å²) in [5, 5.41) is 12.0. The molecule has 0 heterocycles. The van der Waals surface area contributed by atoms with Crippen molar-refractivity contribution in [3.05, 3.63) is 66.2 Å². The lowest BCUT2D eigenvalue weighted by Crippen LogP contribution is -2.10. The van der Waals surface area contributed by atoms with Crippen molar-refractivity contribution in [1.29, 1.82) is 0 Å². The summed E-state index contributed by atoms with van der Waals surface area (Å²) in [5.74, 6) is 0.329. The number of unbranched alkanes of at least 4 members (excludes halogenated alkanes) is 6.